The first kappa shape index (κ1) is 26.4. The maximum Gasteiger partial charge on any atom is 0.246 e. The lowest BCUT2D eigenvalue weighted by Gasteiger charge is -2.42. The fraction of sp³-hybridized carbons (Fsp3) is 0.645. The normalized spacial score (nSPS) is 38.9. The Hall–Kier alpha value is -2.87. The van der Waals surface area contributed by atoms with E-state index in [0.29, 0.717) is 17.4 Å². The molecule has 3 heterocycles. The molecule has 1 spiro atoms. The Labute approximate surface area is 230 Å². The summed E-state index contributed by atoms with van der Waals surface area (Å²) in [6, 6.07) is 6.47. The second kappa shape index (κ2) is 10.3. The molecule has 3 amide bonds. The van der Waals surface area contributed by atoms with Crippen molar-refractivity contribution in [3.8, 4) is 5.75 Å². The van der Waals surface area contributed by atoms with Crippen LogP contribution in [-0.2, 0) is 19.1 Å². The number of nitrogens with one attached hydrogen (secondary N) is 2. The number of carbonyl (C=O) groups excluding carboxylic acids is 3. The van der Waals surface area contributed by atoms with Crippen LogP contribution in [0.5, 0.6) is 5.75 Å². The molecule has 8 heteroatoms. The molecule has 2 bridgehead atoms. The highest BCUT2D eigenvalue weighted by Gasteiger charge is 2.73. The second-order valence-corrected chi connectivity index (χ2v) is 12.4. The third-order valence-corrected chi connectivity index (χ3v) is 10.1. The summed E-state index contributed by atoms with van der Waals surface area (Å²) in [5.41, 5.74) is -0.527. The monoisotopic (exact) mass is 535 g/mol. The van der Waals surface area contributed by atoms with E-state index in [-0.39, 0.29) is 35.7 Å². The number of carbonyl (C=O) groups is 3. The molecule has 5 aliphatic rings. The largest absolute Gasteiger partial charge is 0.497 e. The SMILES string of the molecule is COc1cccc(NC(=O)[C@H]2[C@H]3C=C[C@@]4(O3)[C@H]2C(=O)N([C@@H]2CCCC[C@@H]2C)[C@@H]4C(=O)N[C@H]2CCCC[C@@H]2C)c1. The third kappa shape index (κ3) is 4.35. The van der Waals surface area contributed by atoms with Crippen molar-refractivity contribution in [2.75, 3.05) is 12.4 Å². The molecule has 0 radical (unpaired) electrons. The predicted molar refractivity (Wildman–Crippen MR) is 147 cm³/mol. The van der Waals surface area contributed by atoms with Gasteiger partial charge in [0.25, 0.3) is 0 Å². The summed E-state index contributed by atoms with van der Waals surface area (Å²) in [5, 5.41) is 6.33. The number of fused-ring (bicyclic) bond motifs is 1. The Bertz CT molecular complexity index is 1170. The maximum atomic E-state index is 14.4. The lowest BCUT2D eigenvalue weighted by Crippen LogP contribution is -2.60. The van der Waals surface area contributed by atoms with Crippen LogP contribution in [0.1, 0.15) is 65.2 Å². The topological polar surface area (TPSA) is 97.0 Å². The van der Waals surface area contributed by atoms with Crippen molar-refractivity contribution in [3.05, 3.63) is 36.4 Å². The van der Waals surface area contributed by atoms with Gasteiger partial charge in [0.15, 0.2) is 0 Å². The van der Waals surface area contributed by atoms with Gasteiger partial charge in [-0.15, -0.1) is 0 Å². The molecule has 210 valence electrons. The first-order chi connectivity index (χ1) is 18.8. The Kier molecular flexibility index (Phi) is 6.94. The molecule has 0 aromatic heterocycles. The lowest BCUT2D eigenvalue weighted by atomic mass is 9.74. The summed E-state index contributed by atoms with van der Waals surface area (Å²) in [7, 11) is 1.58. The zero-order valence-corrected chi connectivity index (χ0v) is 23.2. The Morgan fingerprint density at radius 1 is 1.03 bits per heavy atom. The van der Waals surface area contributed by atoms with Crippen LogP contribution in [0.25, 0.3) is 0 Å². The first-order valence-corrected chi connectivity index (χ1v) is 14.8. The van der Waals surface area contributed by atoms with Crippen LogP contribution in [0.15, 0.2) is 36.4 Å². The van der Waals surface area contributed by atoms with Crippen LogP contribution in [-0.4, -0.2) is 59.6 Å². The maximum absolute atomic E-state index is 14.4. The molecular formula is C31H41N3O5. The second-order valence-electron chi connectivity index (χ2n) is 12.4. The summed E-state index contributed by atoms with van der Waals surface area (Å²) in [6.45, 7) is 4.38. The number of ether oxygens (including phenoxy) is 2. The van der Waals surface area contributed by atoms with Crippen molar-refractivity contribution in [1.82, 2.24) is 10.2 Å². The number of amides is 3. The molecular weight excluding hydrogens is 494 g/mol. The van der Waals surface area contributed by atoms with Gasteiger partial charge in [0, 0.05) is 23.8 Å². The van der Waals surface area contributed by atoms with E-state index in [4.69, 9.17) is 9.47 Å². The van der Waals surface area contributed by atoms with Crippen molar-refractivity contribution in [2.45, 2.75) is 95.0 Å². The van der Waals surface area contributed by atoms with Gasteiger partial charge in [0.1, 0.15) is 17.4 Å². The van der Waals surface area contributed by atoms with Gasteiger partial charge in [-0.2, -0.15) is 0 Å². The van der Waals surface area contributed by atoms with Crippen LogP contribution in [0.4, 0.5) is 5.69 Å². The molecule has 2 saturated heterocycles. The highest BCUT2D eigenvalue weighted by atomic mass is 16.5. The molecule has 0 unspecified atom stereocenters. The predicted octanol–water partition coefficient (Wildman–Crippen LogP) is 4.06. The standard InChI is InChI=1S/C31H41N3O5/c1-18-9-4-6-13-22(18)33-29(36)27-31-16-15-24(39-31)25(28(35)32-20-11-8-12-21(17-20)38-3)26(31)30(37)34(27)23-14-7-5-10-19(23)2/h8,11-12,15-19,22-27H,4-7,9-10,13-14H2,1-3H3,(H,32,35)(H,33,36)/t18-,19-,22-,23+,24+,25-,26+,27+,31+/m0/s1. The fourth-order valence-corrected chi connectivity index (χ4v) is 7.99. The van der Waals surface area contributed by atoms with Gasteiger partial charge in [-0.05, 0) is 49.7 Å². The van der Waals surface area contributed by atoms with Gasteiger partial charge < -0.3 is 25.0 Å². The van der Waals surface area contributed by atoms with Gasteiger partial charge >= 0.3 is 0 Å². The molecule has 1 aromatic rings. The van der Waals surface area contributed by atoms with Crippen LogP contribution >= 0.6 is 0 Å². The van der Waals surface area contributed by atoms with Crippen LogP contribution < -0.4 is 15.4 Å². The average molecular weight is 536 g/mol. The number of rotatable bonds is 6. The molecule has 8 nitrogen and oxygen atoms in total. The molecule has 2 saturated carbocycles. The number of hydrogen-bond donors (Lipinski definition) is 2. The number of anilines is 1. The van der Waals surface area contributed by atoms with Gasteiger partial charge in [-0.25, -0.2) is 0 Å². The number of hydrogen-bond acceptors (Lipinski definition) is 5. The van der Waals surface area contributed by atoms with Crippen molar-refractivity contribution in [2.24, 2.45) is 23.7 Å². The highest BCUT2D eigenvalue weighted by molar-refractivity contribution is 6.03. The minimum atomic E-state index is -1.13. The highest BCUT2D eigenvalue weighted by Crippen LogP contribution is 2.56. The molecule has 1 aromatic carbocycles. The molecule has 6 rings (SSSR count). The van der Waals surface area contributed by atoms with E-state index in [1.54, 1.807) is 19.2 Å². The number of methoxy groups -OCH3 is 1. The summed E-state index contributed by atoms with van der Waals surface area (Å²) in [6.07, 6.45) is 11.6. The van der Waals surface area contributed by atoms with E-state index in [0.717, 1.165) is 44.9 Å². The van der Waals surface area contributed by atoms with E-state index in [1.165, 1.54) is 6.42 Å². The van der Waals surface area contributed by atoms with Gasteiger partial charge in [0.05, 0.1) is 25.0 Å². The van der Waals surface area contributed by atoms with E-state index in [1.807, 2.05) is 29.2 Å². The van der Waals surface area contributed by atoms with Crippen LogP contribution in [0.2, 0.25) is 0 Å². The van der Waals surface area contributed by atoms with E-state index in [9.17, 15) is 14.4 Å². The Morgan fingerprint density at radius 3 is 2.51 bits per heavy atom. The van der Waals surface area contributed by atoms with Gasteiger partial charge in [-0.3, -0.25) is 14.4 Å². The van der Waals surface area contributed by atoms with E-state index >= 15 is 0 Å². The first-order valence-electron chi connectivity index (χ1n) is 14.8. The van der Waals surface area contributed by atoms with Crippen LogP contribution in [0.3, 0.4) is 0 Å². The zero-order chi connectivity index (χ0) is 27.3. The zero-order valence-electron chi connectivity index (χ0n) is 23.2. The van der Waals surface area contributed by atoms with Crippen molar-refractivity contribution < 1.29 is 23.9 Å². The van der Waals surface area contributed by atoms with Gasteiger partial charge in [0.2, 0.25) is 17.7 Å². The molecule has 39 heavy (non-hydrogen) atoms. The van der Waals surface area contributed by atoms with E-state index in [2.05, 4.69) is 24.5 Å². The molecule has 9 atom stereocenters. The molecule has 4 fully saturated rings. The number of nitrogens with zero attached hydrogens (tertiary/aromatic N) is 1. The van der Waals surface area contributed by atoms with Crippen molar-refractivity contribution in [1.29, 1.82) is 0 Å². The number of benzene rings is 1. The lowest BCUT2D eigenvalue weighted by molar-refractivity contribution is -0.146. The molecule has 3 aliphatic heterocycles. The molecule has 2 aliphatic carbocycles. The summed E-state index contributed by atoms with van der Waals surface area (Å²) in [5.74, 6) is -0.647. The summed E-state index contributed by atoms with van der Waals surface area (Å²) in [4.78, 5) is 44.2. The average Bonchev–Trinajstić information content (AvgIpc) is 3.58. The Morgan fingerprint density at radius 2 is 1.77 bits per heavy atom. The van der Waals surface area contributed by atoms with E-state index < -0.39 is 29.6 Å². The molecule has 2 N–H and O–H groups in total. The fourth-order valence-electron chi connectivity index (χ4n) is 7.99. The third-order valence-electron chi connectivity index (χ3n) is 10.1. The smallest absolute Gasteiger partial charge is 0.246 e. The van der Waals surface area contributed by atoms with Crippen molar-refractivity contribution in [3.63, 3.8) is 0 Å². The van der Waals surface area contributed by atoms with Gasteiger partial charge in [-0.1, -0.05) is 57.7 Å². The summed E-state index contributed by atoms with van der Waals surface area (Å²) >= 11 is 0. The Balaban J connectivity index is 1.33. The minimum absolute atomic E-state index is 0.0381. The summed E-state index contributed by atoms with van der Waals surface area (Å²) < 4.78 is 11.9. The number of likely N-dealkylation sites (tertiary alicyclic amines) is 1. The van der Waals surface area contributed by atoms with Crippen LogP contribution in [0, 0.1) is 23.7 Å². The minimum Gasteiger partial charge on any atom is -0.497 e. The quantitative estimate of drug-likeness (QED) is 0.536. The van der Waals surface area contributed by atoms with Crippen molar-refractivity contribution >= 4 is 23.4 Å².